The van der Waals surface area contributed by atoms with Crippen molar-refractivity contribution in [3.63, 3.8) is 0 Å². The number of fused-ring (bicyclic) bond motifs is 1. The fourth-order valence-corrected chi connectivity index (χ4v) is 4.50. The Bertz CT molecular complexity index is 1300. The van der Waals surface area contributed by atoms with Crippen LogP contribution < -0.4 is 10.1 Å². The number of carbonyl (C=O) groups is 2. The highest BCUT2D eigenvalue weighted by atomic mass is 16.5. The predicted molar refractivity (Wildman–Crippen MR) is 128 cm³/mol. The second-order valence-corrected chi connectivity index (χ2v) is 8.44. The number of rotatable bonds is 6. The van der Waals surface area contributed by atoms with Crippen molar-refractivity contribution in [2.45, 2.75) is 18.8 Å². The van der Waals surface area contributed by atoms with Gasteiger partial charge in [0.2, 0.25) is 5.91 Å². The zero-order valence-electron chi connectivity index (χ0n) is 18.9. The number of piperidine rings is 1. The largest absolute Gasteiger partial charge is 0.497 e. The molecule has 0 bridgehead atoms. The van der Waals surface area contributed by atoms with Gasteiger partial charge in [0.15, 0.2) is 11.5 Å². The molecule has 1 saturated heterocycles. The number of nitrogens with one attached hydrogen (secondary N) is 2. The van der Waals surface area contributed by atoms with Gasteiger partial charge in [-0.15, -0.1) is 0 Å². The molecular formula is C26H26N4O4. The first kappa shape index (κ1) is 21.8. The molecule has 0 unspecified atom stereocenters. The van der Waals surface area contributed by atoms with E-state index in [4.69, 9.17) is 9.26 Å². The van der Waals surface area contributed by atoms with E-state index >= 15 is 0 Å². The molecule has 174 valence electrons. The quantitative estimate of drug-likeness (QED) is 0.455. The summed E-state index contributed by atoms with van der Waals surface area (Å²) in [6.45, 7) is 1.23. The van der Waals surface area contributed by atoms with Crippen LogP contribution in [0.5, 0.6) is 5.75 Å². The van der Waals surface area contributed by atoms with Gasteiger partial charge in [-0.25, -0.2) is 0 Å². The Kier molecular flexibility index (Phi) is 6.03. The van der Waals surface area contributed by atoms with E-state index in [0.29, 0.717) is 24.8 Å². The summed E-state index contributed by atoms with van der Waals surface area (Å²) in [7, 11) is 1.67. The average molecular weight is 459 g/mol. The van der Waals surface area contributed by atoms with Crippen LogP contribution >= 0.6 is 0 Å². The number of hydrogen-bond acceptors (Lipinski definition) is 5. The minimum Gasteiger partial charge on any atom is -0.497 e. The lowest BCUT2D eigenvalue weighted by atomic mass is 9.89. The highest BCUT2D eigenvalue weighted by molar-refractivity contribution is 5.95. The van der Waals surface area contributed by atoms with E-state index in [0.717, 1.165) is 29.7 Å². The normalized spacial score (nSPS) is 14.3. The smallest absolute Gasteiger partial charge is 0.273 e. The maximum Gasteiger partial charge on any atom is 0.273 e. The van der Waals surface area contributed by atoms with Crippen molar-refractivity contribution in [1.29, 1.82) is 0 Å². The fraction of sp³-hybridized carbons (Fsp3) is 0.269. The number of methoxy groups -OCH3 is 1. The molecule has 8 heteroatoms. The third kappa shape index (κ3) is 4.39. The number of aromatic amines is 1. The second-order valence-electron chi connectivity index (χ2n) is 8.44. The van der Waals surface area contributed by atoms with E-state index in [-0.39, 0.29) is 18.1 Å². The van der Waals surface area contributed by atoms with Crippen LogP contribution in [-0.2, 0) is 4.79 Å². The Hall–Kier alpha value is -4.07. The van der Waals surface area contributed by atoms with Crippen LogP contribution in [0, 0.1) is 0 Å². The van der Waals surface area contributed by atoms with Crippen LogP contribution in [-0.4, -0.2) is 53.6 Å². The van der Waals surface area contributed by atoms with E-state index < -0.39 is 5.91 Å². The third-order valence-electron chi connectivity index (χ3n) is 6.41. The molecule has 4 aromatic rings. The van der Waals surface area contributed by atoms with E-state index in [1.165, 1.54) is 10.9 Å². The Morgan fingerprint density at radius 2 is 1.94 bits per heavy atom. The van der Waals surface area contributed by atoms with Gasteiger partial charge in [-0.05, 0) is 42.5 Å². The van der Waals surface area contributed by atoms with Crippen molar-refractivity contribution in [1.82, 2.24) is 20.4 Å². The van der Waals surface area contributed by atoms with E-state index in [9.17, 15) is 9.59 Å². The number of ether oxygens (including phenoxy) is 1. The van der Waals surface area contributed by atoms with Gasteiger partial charge in [0.25, 0.3) is 5.91 Å². The summed E-state index contributed by atoms with van der Waals surface area (Å²) in [5, 5.41) is 7.67. The van der Waals surface area contributed by atoms with Gasteiger partial charge in [-0.1, -0.05) is 35.5 Å². The first-order valence-corrected chi connectivity index (χ1v) is 11.4. The molecule has 0 atom stereocenters. The fourth-order valence-electron chi connectivity index (χ4n) is 4.50. The third-order valence-corrected chi connectivity index (χ3v) is 6.41. The minimum absolute atomic E-state index is 0.0681. The number of aromatic nitrogens is 2. The van der Waals surface area contributed by atoms with Crippen LogP contribution in [0.25, 0.3) is 22.2 Å². The molecule has 34 heavy (non-hydrogen) atoms. The van der Waals surface area contributed by atoms with Crippen molar-refractivity contribution in [2.24, 2.45) is 0 Å². The van der Waals surface area contributed by atoms with Gasteiger partial charge in [-0.2, -0.15) is 0 Å². The van der Waals surface area contributed by atoms with Gasteiger partial charge in [0, 0.05) is 41.8 Å². The molecular weight excluding hydrogens is 432 g/mol. The van der Waals surface area contributed by atoms with E-state index in [1.54, 1.807) is 13.2 Å². The summed E-state index contributed by atoms with van der Waals surface area (Å²) in [5.41, 5.74) is 3.33. The molecule has 0 radical (unpaired) electrons. The molecule has 0 aliphatic carbocycles. The molecule has 0 spiro atoms. The van der Waals surface area contributed by atoms with Crippen molar-refractivity contribution < 1.29 is 18.8 Å². The number of benzene rings is 2. The lowest BCUT2D eigenvalue weighted by molar-refractivity contribution is -0.131. The molecule has 0 saturated carbocycles. The Balaban J connectivity index is 1.15. The zero-order chi connectivity index (χ0) is 23.5. The van der Waals surface area contributed by atoms with Gasteiger partial charge in [-0.3, -0.25) is 9.59 Å². The average Bonchev–Trinajstić information content (AvgIpc) is 3.55. The number of amides is 2. The molecule has 2 aromatic carbocycles. The summed E-state index contributed by atoms with van der Waals surface area (Å²) in [6, 6.07) is 17.0. The molecule has 8 nitrogen and oxygen atoms in total. The van der Waals surface area contributed by atoms with Crippen LogP contribution in [0.15, 0.2) is 65.3 Å². The molecule has 3 heterocycles. The van der Waals surface area contributed by atoms with Crippen molar-refractivity contribution in [3.05, 3.63) is 72.1 Å². The van der Waals surface area contributed by atoms with Crippen LogP contribution in [0.1, 0.15) is 34.8 Å². The molecule has 1 aliphatic heterocycles. The second kappa shape index (κ2) is 9.43. The van der Waals surface area contributed by atoms with Gasteiger partial charge in [0.1, 0.15) is 5.75 Å². The summed E-state index contributed by atoms with van der Waals surface area (Å²) in [6.07, 6.45) is 3.80. The minimum atomic E-state index is -0.429. The topological polar surface area (TPSA) is 100 Å². The zero-order valence-corrected chi connectivity index (χ0v) is 18.9. The number of hydrogen-bond donors (Lipinski definition) is 2. The lowest BCUT2D eigenvalue weighted by Gasteiger charge is -2.32. The first-order chi connectivity index (χ1) is 16.6. The molecule has 5 rings (SSSR count). The number of nitrogens with zero attached hydrogens (tertiary/aromatic N) is 2. The monoisotopic (exact) mass is 458 g/mol. The number of likely N-dealkylation sites (tertiary alicyclic amines) is 1. The van der Waals surface area contributed by atoms with Gasteiger partial charge in [0.05, 0.1) is 13.7 Å². The van der Waals surface area contributed by atoms with Crippen molar-refractivity contribution >= 4 is 22.7 Å². The van der Waals surface area contributed by atoms with Crippen LogP contribution in [0.2, 0.25) is 0 Å². The molecule has 1 fully saturated rings. The molecule has 1 aliphatic rings. The SMILES string of the molecule is COc1ccc2[nH]cc(C3CCN(C(=O)CNC(=O)c4cc(-c5ccccc5)on4)CC3)c2c1. The Morgan fingerprint density at radius 1 is 1.15 bits per heavy atom. The Labute approximate surface area is 196 Å². The number of carbonyl (C=O) groups excluding carboxylic acids is 2. The Morgan fingerprint density at radius 3 is 2.71 bits per heavy atom. The predicted octanol–water partition coefficient (Wildman–Crippen LogP) is 3.97. The summed E-state index contributed by atoms with van der Waals surface area (Å²) in [4.78, 5) is 30.3. The summed E-state index contributed by atoms with van der Waals surface area (Å²) >= 11 is 0. The highest BCUT2D eigenvalue weighted by Crippen LogP contribution is 2.34. The lowest BCUT2D eigenvalue weighted by Crippen LogP contribution is -2.43. The highest BCUT2D eigenvalue weighted by Gasteiger charge is 2.26. The first-order valence-electron chi connectivity index (χ1n) is 11.4. The standard InChI is InChI=1S/C26H26N4O4/c1-33-19-7-8-22-20(13-19)21(15-27-22)17-9-11-30(12-10-17)25(31)16-28-26(32)23-14-24(34-29-23)18-5-3-2-4-6-18/h2-8,13-15,17,27H,9-12,16H2,1H3,(H,28,32). The van der Waals surface area contributed by atoms with Gasteiger partial charge >= 0.3 is 0 Å². The van der Waals surface area contributed by atoms with Crippen molar-refractivity contribution in [2.75, 3.05) is 26.7 Å². The van der Waals surface area contributed by atoms with Crippen molar-refractivity contribution in [3.8, 4) is 17.1 Å². The molecule has 2 amide bonds. The number of H-pyrrole nitrogens is 1. The van der Waals surface area contributed by atoms with E-state index in [1.807, 2.05) is 47.4 Å². The maximum absolute atomic E-state index is 12.7. The van der Waals surface area contributed by atoms with Crippen LogP contribution in [0.4, 0.5) is 0 Å². The molecule has 2 aromatic heterocycles. The summed E-state index contributed by atoms with van der Waals surface area (Å²) in [5.74, 6) is 1.18. The van der Waals surface area contributed by atoms with E-state index in [2.05, 4.69) is 27.7 Å². The maximum atomic E-state index is 12.7. The van der Waals surface area contributed by atoms with Gasteiger partial charge < -0.3 is 24.5 Å². The molecule has 2 N–H and O–H groups in total. The summed E-state index contributed by atoms with van der Waals surface area (Å²) < 4.78 is 10.6. The van der Waals surface area contributed by atoms with Crippen LogP contribution in [0.3, 0.4) is 0 Å².